The number of hydrogen-bond donors (Lipinski definition) is 0. The van der Waals surface area contributed by atoms with Gasteiger partial charge in [-0.15, -0.1) is 0 Å². The van der Waals surface area contributed by atoms with Gasteiger partial charge in [-0.25, -0.2) is 0 Å². The van der Waals surface area contributed by atoms with Gasteiger partial charge in [0.2, 0.25) is 0 Å². The van der Waals surface area contributed by atoms with Gasteiger partial charge < -0.3 is 9.64 Å². The highest BCUT2D eigenvalue weighted by Gasteiger charge is 2.29. The van der Waals surface area contributed by atoms with Gasteiger partial charge in [0.25, 0.3) is 0 Å². The molecular weight excluding hydrogens is 214 g/mol. The van der Waals surface area contributed by atoms with Crippen molar-refractivity contribution in [1.82, 2.24) is 4.90 Å². The summed E-state index contributed by atoms with van der Waals surface area (Å²) in [5, 5.41) is 0. The van der Waals surface area contributed by atoms with E-state index in [2.05, 4.69) is 18.7 Å². The summed E-state index contributed by atoms with van der Waals surface area (Å²) in [4.78, 5) is 13.8. The third-order valence-electron chi connectivity index (χ3n) is 3.48. The molecular formula is C14H29NO2. The van der Waals surface area contributed by atoms with Crippen molar-refractivity contribution < 1.29 is 9.53 Å². The fourth-order valence-corrected chi connectivity index (χ4v) is 1.93. The number of esters is 1. The van der Waals surface area contributed by atoms with Gasteiger partial charge in [0.15, 0.2) is 0 Å². The SMILES string of the molecule is CCCCCCC(C)(CC(=O)OCC)N(C)C. The molecule has 102 valence electrons. The average Bonchev–Trinajstić information content (AvgIpc) is 2.24. The van der Waals surface area contributed by atoms with Crippen LogP contribution in [0.15, 0.2) is 0 Å². The molecule has 0 aromatic rings. The van der Waals surface area contributed by atoms with Crippen LogP contribution in [0.3, 0.4) is 0 Å². The Bertz CT molecular complexity index is 216. The zero-order valence-corrected chi connectivity index (χ0v) is 12.2. The van der Waals surface area contributed by atoms with E-state index >= 15 is 0 Å². The Morgan fingerprint density at radius 3 is 2.29 bits per heavy atom. The Morgan fingerprint density at radius 2 is 1.82 bits per heavy atom. The lowest BCUT2D eigenvalue weighted by atomic mass is 9.89. The van der Waals surface area contributed by atoms with E-state index in [1.807, 2.05) is 21.0 Å². The van der Waals surface area contributed by atoms with Gasteiger partial charge in [-0.3, -0.25) is 4.79 Å². The van der Waals surface area contributed by atoms with Gasteiger partial charge in [-0.05, 0) is 34.4 Å². The molecule has 1 atom stereocenters. The van der Waals surface area contributed by atoms with Crippen molar-refractivity contribution in [3.05, 3.63) is 0 Å². The Kier molecular flexibility index (Phi) is 8.23. The number of rotatable bonds is 9. The Hall–Kier alpha value is -0.570. The maximum Gasteiger partial charge on any atom is 0.307 e. The van der Waals surface area contributed by atoms with Crippen molar-refractivity contribution in [2.45, 2.75) is 64.8 Å². The minimum atomic E-state index is -0.0841. The molecule has 0 bridgehead atoms. The predicted octanol–water partition coefficient (Wildman–Crippen LogP) is 3.23. The third kappa shape index (κ3) is 6.67. The zero-order chi connectivity index (χ0) is 13.3. The molecule has 17 heavy (non-hydrogen) atoms. The summed E-state index contributed by atoms with van der Waals surface area (Å²) in [5.74, 6) is -0.0841. The van der Waals surface area contributed by atoms with E-state index < -0.39 is 0 Å². The number of ether oxygens (including phenoxy) is 1. The maximum absolute atomic E-state index is 11.6. The van der Waals surface area contributed by atoms with E-state index in [0.717, 1.165) is 6.42 Å². The van der Waals surface area contributed by atoms with E-state index in [1.54, 1.807) is 0 Å². The van der Waals surface area contributed by atoms with E-state index in [4.69, 9.17) is 4.74 Å². The van der Waals surface area contributed by atoms with Gasteiger partial charge in [-0.1, -0.05) is 32.6 Å². The van der Waals surface area contributed by atoms with Crippen LogP contribution in [0.5, 0.6) is 0 Å². The van der Waals surface area contributed by atoms with Crippen LogP contribution in [0, 0.1) is 0 Å². The van der Waals surface area contributed by atoms with E-state index in [-0.39, 0.29) is 11.5 Å². The van der Waals surface area contributed by atoms with Crippen molar-refractivity contribution in [2.75, 3.05) is 20.7 Å². The molecule has 0 saturated carbocycles. The van der Waals surface area contributed by atoms with Gasteiger partial charge in [0, 0.05) is 5.54 Å². The standard InChI is InChI=1S/C14H29NO2/c1-6-8-9-10-11-14(3,15(4)5)12-13(16)17-7-2/h6-12H2,1-5H3. The normalized spacial score (nSPS) is 14.7. The van der Waals surface area contributed by atoms with E-state index in [9.17, 15) is 4.79 Å². The van der Waals surface area contributed by atoms with Crippen molar-refractivity contribution in [3.63, 3.8) is 0 Å². The molecule has 0 rings (SSSR count). The van der Waals surface area contributed by atoms with Crippen LogP contribution in [-0.2, 0) is 9.53 Å². The topological polar surface area (TPSA) is 29.5 Å². The number of carbonyl (C=O) groups is 1. The summed E-state index contributed by atoms with van der Waals surface area (Å²) in [6.07, 6.45) is 6.50. The Balaban J connectivity index is 4.20. The minimum absolute atomic E-state index is 0.0694. The summed E-state index contributed by atoms with van der Waals surface area (Å²) in [7, 11) is 4.08. The van der Waals surface area contributed by atoms with Crippen molar-refractivity contribution in [3.8, 4) is 0 Å². The second kappa shape index (κ2) is 8.51. The lowest BCUT2D eigenvalue weighted by Gasteiger charge is -2.36. The van der Waals surface area contributed by atoms with Crippen LogP contribution in [0.25, 0.3) is 0 Å². The molecule has 0 aliphatic heterocycles. The number of carbonyl (C=O) groups excluding carboxylic acids is 1. The molecule has 0 aliphatic carbocycles. The first-order valence-electron chi connectivity index (χ1n) is 6.79. The Labute approximate surface area is 107 Å². The summed E-state index contributed by atoms with van der Waals surface area (Å²) in [6, 6.07) is 0. The molecule has 0 aromatic carbocycles. The fourth-order valence-electron chi connectivity index (χ4n) is 1.93. The second-order valence-electron chi connectivity index (χ2n) is 5.18. The molecule has 0 amide bonds. The van der Waals surface area contributed by atoms with Gasteiger partial charge in [0.1, 0.15) is 0 Å². The number of nitrogens with zero attached hydrogens (tertiary/aromatic N) is 1. The maximum atomic E-state index is 11.6. The molecule has 0 N–H and O–H groups in total. The molecule has 0 saturated heterocycles. The molecule has 3 heteroatoms. The second-order valence-corrected chi connectivity index (χ2v) is 5.18. The van der Waals surface area contributed by atoms with E-state index in [1.165, 1.54) is 25.7 Å². The van der Waals surface area contributed by atoms with Gasteiger partial charge >= 0.3 is 5.97 Å². The first kappa shape index (κ1) is 16.4. The summed E-state index contributed by atoms with van der Waals surface area (Å²) >= 11 is 0. The van der Waals surface area contributed by atoms with Gasteiger partial charge in [-0.2, -0.15) is 0 Å². The van der Waals surface area contributed by atoms with E-state index in [0.29, 0.717) is 13.0 Å². The smallest absolute Gasteiger partial charge is 0.307 e. The van der Waals surface area contributed by atoms with Gasteiger partial charge in [0.05, 0.1) is 13.0 Å². The minimum Gasteiger partial charge on any atom is -0.466 e. The van der Waals surface area contributed by atoms with Crippen molar-refractivity contribution in [2.24, 2.45) is 0 Å². The summed E-state index contributed by atoms with van der Waals surface area (Å²) in [6.45, 7) is 6.68. The molecule has 1 unspecified atom stereocenters. The van der Waals surface area contributed by atoms with Crippen LogP contribution in [0.1, 0.15) is 59.3 Å². The summed E-state index contributed by atoms with van der Waals surface area (Å²) < 4.78 is 5.05. The molecule has 0 spiro atoms. The number of unbranched alkanes of at least 4 members (excludes halogenated alkanes) is 3. The monoisotopic (exact) mass is 243 g/mol. The zero-order valence-electron chi connectivity index (χ0n) is 12.2. The molecule has 0 heterocycles. The van der Waals surface area contributed by atoms with Crippen LogP contribution in [-0.4, -0.2) is 37.1 Å². The number of hydrogen-bond acceptors (Lipinski definition) is 3. The van der Waals surface area contributed by atoms with Crippen LogP contribution in [0.2, 0.25) is 0 Å². The molecule has 3 nitrogen and oxygen atoms in total. The largest absolute Gasteiger partial charge is 0.466 e. The molecule has 0 fully saturated rings. The average molecular weight is 243 g/mol. The van der Waals surface area contributed by atoms with Crippen molar-refractivity contribution >= 4 is 5.97 Å². The third-order valence-corrected chi connectivity index (χ3v) is 3.48. The molecule has 0 aromatic heterocycles. The lowest BCUT2D eigenvalue weighted by Crippen LogP contribution is -2.43. The van der Waals surface area contributed by atoms with Crippen LogP contribution < -0.4 is 0 Å². The molecule has 0 aliphatic rings. The quantitative estimate of drug-likeness (QED) is 0.460. The first-order valence-corrected chi connectivity index (χ1v) is 6.79. The Morgan fingerprint density at radius 1 is 1.18 bits per heavy atom. The molecule has 0 radical (unpaired) electrons. The van der Waals surface area contributed by atoms with Crippen LogP contribution >= 0.6 is 0 Å². The van der Waals surface area contributed by atoms with Crippen LogP contribution in [0.4, 0.5) is 0 Å². The van der Waals surface area contributed by atoms with Crippen molar-refractivity contribution in [1.29, 1.82) is 0 Å². The lowest BCUT2D eigenvalue weighted by molar-refractivity contribution is -0.146. The highest BCUT2D eigenvalue weighted by atomic mass is 16.5. The fraction of sp³-hybridized carbons (Fsp3) is 0.929. The first-order chi connectivity index (χ1) is 7.96. The highest BCUT2D eigenvalue weighted by molar-refractivity contribution is 5.70. The summed E-state index contributed by atoms with van der Waals surface area (Å²) in [5.41, 5.74) is -0.0694. The highest BCUT2D eigenvalue weighted by Crippen LogP contribution is 2.24. The predicted molar refractivity (Wildman–Crippen MR) is 72.1 cm³/mol.